The van der Waals surface area contributed by atoms with Gasteiger partial charge >= 0.3 is 11.9 Å². The Kier molecular flexibility index (Phi) is 6.47. The molecule has 0 aromatic rings. The van der Waals surface area contributed by atoms with Gasteiger partial charge in [-0.2, -0.15) is 0 Å². The number of morpholine rings is 1. The molecule has 0 aromatic carbocycles. The van der Waals surface area contributed by atoms with Crippen LogP contribution in [0.4, 0.5) is 0 Å². The fraction of sp³-hybridized carbons (Fsp3) is 0.800. The van der Waals surface area contributed by atoms with E-state index < -0.39 is 23.4 Å². The number of hydrogen-bond acceptors (Lipinski definition) is 7. The molecule has 2 fully saturated rings. The average Bonchev–Trinajstić information content (AvgIpc) is 2.97. The number of esters is 2. The molecule has 0 saturated carbocycles. The number of carbonyl (C=O) groups excluding carboxylic acids is 3. The Bertz CT molecular complexity index is 468. The molecular weight excluding hydrogens is 336 g/mol. The van der Waals surface area contributed by atoms with Crippen LogP contribution in [0, 0.1) is 0 Å². The molecule has 136 valence electrons. The molecule has 0 aromatic heterocycles. The number of ether oxygens (including phenoxy) is 3. The maximum atomic E-state index is 12.8. The van der Waals surface area contributed by atoms with Crippen LogP contribution in [-0.2, 0) is 28.6 Å². The summed E-state index contributed by atoms with van der Waals surface area (Å²) >= 11 is 1.22. The van der Waals surface area contributed by atoms with Crippen LogP contribution in [0.15, 0.2) is 0 Å². The number of nitrogens with zero attached hydrogens (tertiary/aromatic N) is 1. The van der Waals surface area contributed by atoms with Gasteiger partial charge in [0.25, 0.3) is 5.91 Å². The summed E-state index contributed by atoms with van der Waals surface area (Å²) in [5.41, 5.74) is 0. The number of thioether (sulfide) groups is 1. The summed E-state index contributed by atoms with van der Waals surface area (Å²) in [4.78, 5) is 39.2. The fourth-order valence-electron chi connectivity index (χ4n) is 3.25. The maximum absolute atomic E-state index is 12.8. The highest BCUT2D eigenvalue weighted by atomic mass is 32.2. The molecule has 2 aliphatic rings. The highest BCUT2D eigenvalue weighted by Crippen LogP contribution is 2.30. The van der Waals surface area contributed by atoms with Gasteiger partial charge in [0.1, 0.15) is 31.3 Å². The van der Waals surface area contributed by atoms with Crippen LogP contribution in [0.5, 0.6) is 0 Å². The number of rotatable bonds is 4. The van der Waals surface area contributed by atoms with Gasteiger partial charge in [-0.3, -0.25) is 4.79 Å². The van der Waals surface area contributed by atoms with Crippen molar-refractivity contribution in [1.82, 2.24) is 4.90 Å². The highest BCUT2D eigenvalue weighted by molar-refractivity contribution is 8.00. The summed E-state index contributed by atoms with van der Waals surface area (Å²) in [6.07, 6.45) is 0.134. The van der Waals surface area contributed by atoms with Gasteiger partial charge in [-0.25, -0.2) is 9.59 Å². The van der Waals surface area contributed by atoms with Gasteiger partial charge in [-0.15, -0.1) is 11.8 Å². The number of hydrogen-bond donors (Lipinski definition) is 1. The van der Waals surface area contributed by atoms with E-state index in [0.717, 1.165) is 4.90 Å². The van der Waals surface area contributed by atoms with Gasteiger partial charge in [-0.1, -0.05) is 0 Å². The zero-order valence-electron chi connectivity index (χ0n) is 14.4. The Hall–Kier alpha value is -1.32. The predicted octanol–water partition coefficient (Wildman–Crippen LogP) is -1.71. The fourth-order valence-corrected chi connectivity index (χ4v) is 4.57. The Morgan fingerprint density at radius 2 is 1.71 bits per heavy atom. The molecule has 1 N–H and O–H groups in total. The molecule has 1 unspecified atom stereocenters. The second-order valence-corrected chi connectivity index (χ2v) is 7.25. The van der Waals surface area contributed by atoms with Crippen LogP contribution in [0.3, 0.4) is 0 Å². The van der Waals surface area contributed by atoms with Crippen LogP contribution in [0.1, 0.15) is 13.8 Å². The zero-order valence-corrected chi connectivity index (χ0v) is 15.3. The monoisotopic (exact) mass is 361 g/mol. The van der Waals surface area contributed by atoms with Crippen LogP contribution >= 0.6 is 11.8 Å². The van der Waals surface area contributed by atoms with E-state index in [2.05, 4.69) is 0 Å². The first kappa shape index (κ1) is 19.0. The summed E-state index contributed by atoms with van der Waals surface area (Å²) in [5, 5.41) is -0.804. The van der Waals surface area contributed by atoms with Crippen molar-refractivity contribution in [3.63, 3.8) is 0 Å². The van der Waals surface area contributed by atoms with E-state index in [-0.39, 0.29) is 24.7 Å². The van der Waals surface area contributed by atoms with E-state index in [1.165, 1.54) is 30.9 Å². The van der Waals surface area contributed by atoms with E-state index in [9.17, 15) is 14.4 Å². The van der Waals surface area contributed by atoms with Crippen LogP contribution in [-0.4, -0.2) is 86.0 Å². The Morgan fingerprint density at radius 3 is 2.25 bits per heavy atom. The van der Waals surface area contributed by atoms with Crippen molar-refractivity contribution in [3.05, 3.63) is 0 Å². The predicted molar refractivity (Wildman–Crippen MR) is 86.5 cm³/mol. The SMILES string of the molecule is COC(=O)[C@H]1SC[C@@H](C(=O)OC)N1C(=O)C[NH+]1C[C@@H](C)O[C@@H](C)C1. The van der Waals surface area contributed by atoms with Gasteiger partial charge in [0, 0.05) is 5.75 Å². The van der Waals surface area contributed by atoms with Gasteiger partial charge in [0.15, 0.2) is 11.9 Å². The summed E-state index contributed by atoms with van der Waals surface area (Å²) in [5.74, 6) is -0.967. The van der Waals surface area contributed by atoms with E-state index in [1.807, 2.05) is 13.8 Å². The molecule has 2 saturated heterocycles. The lowest BCUT2D eigenvalue weighted by Gasteiger charge is -2.34. The first-order valence-electron chi connectivity index (χ1n) is 7.94. The molecule has 0 aliphatic carbocycles. The minimum absolute atomic E-state index is 0.0670. The molecule has 2 aliphatic heterocycles. The van der Waals surface area contributed by atoms with Crippen LogP contribution < -0.4 is 4.90 Å². The molecule has 24 heavy (non-hydrogen) atoms. The van der Waals surface area contributed by atoms with Gasteiger partial charge < -0.3 is 24.0 Å². The molecule has 0 bridgehead atoms. The first-order valence-corrected chi connectivity index (χ1v) is 8.99. The number of carbonyl (C=O) groups is 3. The Morgan fingerprint density at radius 1 is 1.12 bits per heavy atom. The molecular formula is C15H25N2O6S+. The van der Waals surface area contributed by atoms with E-state index in [0.29, 0.717) is 18.8 Å². The molecule has 1 amide bonds. The second kappa shape index (κ2) is 8.17. The lowest BCUT2D eigenvalue weighted by atomic mass is 10.2. The minimum atomic E-state index is -0.804. The van der Waals surface area contributed by atoms with Crippen molar-refractivity contribution in [2.75, 3.05) is 39.6 Å². The third-order valence-corrected chi connectivity index (χ3v) is 5.43. The Labute approximate surface area is 145 Å². The third kappa shape index (κ3) is 4.20. The lowest BCUT2D eigenvalue weighted by molar-refractivity contribution is -0.907. The van der Waals surface area contributed by atoms with Crippen molar-refractivity contribution in [1.29, 1.82) is 0 Å². The standard InChI is InChI=1S/C15H24N2O6S/c1-9-5-16(6-10(2)23-9)7-12(18)17-11(14(19)21-3)8-24-13(17)15(20)22-4/h9-11,13H,5-8H2,1-4H3/p+1/t9-,10+,11-,13+/m0/s1. The molecule has 0 radical (unpaired) electrons. The van der Waals surface area contributed by atoms with Gasteiger partial charge in [0.05, 0.1) is 14.2 Å². The quantitative estimate of drug-likeness (QED) is 0.597. The topological polar surface area (TPSA) is 86.6 Å². The van der Waals surface area contributed by atoms with Crippen molar-refractivity contribution >= 4 is 29.6 Å². The number of methoxy groups -OCH3 is 2. The Balaban J connectivity index is 2.11. The van der Waals surface area contributed by atoms with Gasteiger partial charge in [-0.05, 0) is 13.8 Å². The summed E-state index contributed by atoms with van der Waals surface area (Å²) < 4.78 is 15.2. The van der Waals surface area contributed by atoms with Crippen LogP contribution in [0.25, 0.3) is 0 Å². The minimum Gasteiger partial charge on any atom is -0.467 e. The normalized spacial score (nSPS) is 33.2. The average molecular weight is 361 g/mol. The number of amides is 1. The van der Waals surface area contributed by atoms with Crippen molar-refractivity contribution in [2.24, 2.45) is 0 Å². The number of nitrogens with one attached hydrogen (secondary N) is 1. The van der Waals surface area contributed by atoms with Gasteiger partial charge in [0.2, 0.25) is 0 Å². The highest BCUT2D eigenvalue weighted by Gasteiger charge is 2.47. The summed E-state index contributed by atoms with van der Waals surface area (Å²) in [7, 11) is 2.55. The van der Waals surface area contributed by atoms with Crippen molar-refractivity contribution in [2.45, 2.75) is 37.5 Å². The first-order chi connectivity index (χ1) is 11.4. The van der Waals surface area contributed by atoms with E-state index >= 15 is 0 Å². The second-order valence-electron chi connectivity index (χ2n) is 6.14. The number of quaternary nitrogens is 1. The lowest BCUT2D eigenvalue weighted by Crippen LogP contribution is -3.16. The summed E-state index contributed by atoms with van der Waals surface area (Å²) in [6.45, 7) is 5.58. The molecule has 0 spiro atoms. The largest absolute Gasteiger partial charge is 0.467 e. The molecule has 5 atom stereocenters. The molecule has 2 heterocycles. The summed E-state index contributed by atoms with van der Waals surface area (Å²) in [6, 6.07) is -0.758. The van der Waals surface area contributed by atoms with Crippen LogP contribution in [0.2, 0.25) is 0 Å². The van der Waals surface area contributed by atoms with E-state index in [1.54, 1.807) is 0 Å². The zero-order chi connectivity index (χ0) is 17.9. The smallest absolute Gasteiger partial charge is 0.339 e. The maximum Gasteiger partial charge on any atom is 0.339 e. The molecule has 9 heteroatoms. The third-order valence-electron chi connectivity index (χ3n) is 4.18. The molecule has 2 rings (SSSR count). The molecule has 8 nitrogen and oxygen atoms in total. The van der Waals surface area contributed by atoms with E-state index in [4.69, 9.17) is 14.2 Å². The van der Waals surface area contributed by atoms with Crippen molar-refractivity contribution < 1.29 is 33.5 Å². The van der Waals surface area contributed by atoms with Crippen molar-refractivity contribution in [3.8, 4) is 0 Å².